The lowest BCUT2D eigenvalue weighted by Gasteiger charge is -1.98. The molecule has 3 heteroatoms. The van der Waals surface area contributed by atoms with E-state index in [0.29, 0.717) is 10.7 Å². The van der Waals surface area contributed by atoms with Crippen molar-refractivity contribution in [2.24, 2.45) is 4.99 Å². The maximum Gasteiger partial charge on any atom is 0.0442 e. The van der Waals surface area contributed by atoms with E-state index in [0.717, 1.165) is 0 Å². The molecule has 50 valence electrons. The minimum Gasteiger partial charge on any atom is -0.422 e. The second kappa shape index (κ2) is 3.16. The van der Waals surface area contributed by atoms with Crippen LogP contribution in [0.25, 0.3) is 5.41 Å². The van der Waals surface area contributed by atoms with Gasteiger partial charge in [-0.1, -0.05) is 29.8 Å². The Kier molecular flexibility index (Phi) is 2.21. The van der Waals surface area contributed by atoms with Gasteiger partial charge in [0.25, 0.3) is 0 Å². The molecule has 1 aromatic rings. The Hall–Kier alpha value is -1.11. The monoisotopic (exact) mass is 151 g/mol. The van der Waals surface area contributed by atoms with Crippen molar-refractivity contribution in [3.05, 3.63) is 34.7 Å². The summed E-state index contributed by atoms with van der Waals surface area (Å²) in [4.78, 5) is 3.48. The van der Waals surface area contributed by atoms with Crippen LogP contribution in [0.15, 0.2) is 29.3 Å². The Bertz CT molecular complexity index is 277. The third-order valence-corrected chi connectivity index (χ3v) is 1.34. The van der Waals surface area contributed by atoms with Gasteiger partial charge < -0.3 is 10.4 Å². The molecule has 0 heterocycles. The molecule has 0 fully saturated rings. The molecule has 0 unspecified atom stereocenters. The summed E-state index contributed by atoms with van der Waals surface area (Å²) in [7, 11) is 0. The molecular formula is C7H4ClN2-. The Morgan fingerprint density at radius 1 is 1.40 bits per heavy atom. The molecule has 0 aliphatic heterocycles. The number of hydrogen-bond donors (Lipinski definition) is 0. The van der Waals surface area contributed by atoms with Gasteiger partial charge in [0, 0.05) is 5.02 Å². The van der Waals surface area contributed by atoms with Crippen molar-refractivity contribution in [3.63, 3.8) is 0 Å². The Balaban J connectivity index is 3.14. The zero-order chi connectivity index (χ0) is 7.40. The number of benzene rings is 1. The molecular weight excluding hydrogens is 148 g/mol. The highest BCUT2D eigenvalue weighted by molar-refractivity contribution is 6.33. The predicted octanol–water partition coefficient (Wildman–Crippen LogP) is 2.71. The fourth-order valence-corrected chi connectivity index (χ4v) is 0.774. The average molecular weight is 152 g/mol. The molecule has 0 aliphatic carbocycles. The third kappa shape index (κ3) is 1.44. The lowest BCUT2D eigenvalue weighted by molar-refractivity contribution is 1.55. The summed E-state index contributed by atoms with van der Waals surface area (Å²) in [5.41, 5.74) is 0.520. The molecule has 0 radical (unpaired) electrons. The smallest absolute Gasteiger partial charge is 0.0442 e. The topological polar surface area (TPSA) is 34.7 Å². The molecule has 1 aromatic carbocycles. The highest BCUT2D eigenvalue weighted by Crippen LogP contribution is 2.22. The van der Waals surface area contributed by atoms with E-state index < -0.39 is 0 Å². The number of nitrogens with zero attached hydrogens (tertiary/aromatic N) is 2. The molecule has 2 nitrogen and oxygen atoms in total. The minimum absolute atomic E-state index is 0.504. The maximum absolute atomic E-state index is 8.17. The van der Waals surface area contributed by atoms with Crippen molar-refractivity contribution in [1.29, 1.82) is 0 Å². The van der Waals surface area contributed by atoms with Gasteiger partial charge in [-0.3, -0.25) is 0 Å². The maximum atomic E-state index is 8.17. The number of hydrogen-bond acceptors (Lipinski definition) is 1. The lowest BCUT2D eigenvalue weighted by Crippen LogP contribution is -1.64. The summed E-state index contributed by atoms with van der Waals surface area (Å²) in [6.07, 6.45) is 0. The van der Waals surface area contributed by atoms with Crippen molar-refractivity contribution >= 4 is 23.3 Å². The van der Waals surface area contributed by atoms with E-state index in [1.807, 2.05) is 0 Å². The van der Waals surface area contributed by atoms with Gasteiger partial charge in [-0.15, -0.1) is 0 Å². The van der Waals surface area contributed by atoms with Crippen molar-refractivity contribution in [3.8, 4) is 0 Å². The average Bonchev–Trinajstić information content (AvgIpc) is 1.94. The van der Waals surface area contributed by atoms with E-state index in [1.165, 1.54) is 0 Å². The van der Waals surface area contributed by atoms with E-state index in [-0.39, 0.29) is 0 Å². The van der Waals surface area contributed by atoms with Crippen molar-refractivity contribution < 1.29 is 0 Å². The highest BCUT2D eigenvalue weighted by atomic mass is 35.5. The van der Waals surface area contributed by atoms with E-state index in [4.69, 9.17) is 17.0 Å². The van der Waals surface area contributed by atoms with Gasteiger partial charge in [-0.2, -0.15) is 6.01 Å². The van der Waals surface area contributed by atoms with Gasteiger partial charge in [0.2, 0.25) is 0 Å². The summed E-state index contributed by atoms with van der Waals surface area (Å²) >= 11 is 5.66. The van der Waals surface area contributed by atoms with Crippen LogP contribution in [-0.2, 0) is 0 Å². The largest absolute Gasteiger partial charge is 0.422 e. The van der Waals surface area contributed by atoms with Crippen LogP contribution in [0.2, 0.25) is 5.02 Å². The molecule has 0 spiro atoms. The summed E-state index contributed by atoms with van der Waals surface area (Å²) < 4.78 is 0. The van der Waals surface area contributed by atoms with Crippen LogP contribution >= 0.6 is 11.6 Å². The van der Waals surface area contributed by atoms with Crippen molar-refractivity contribution in [2.45, 2.75) is 0 Å². The quantitative estimate of drug-likeness (QED) is 0.554. The van der Waals surface area contributed by atoms with E-state index in [1.54, 1.807) is 30.3 Å². The number of para-hydroxylation sites is 1. The van der Waals surface area contributed by atoms with Gasteiger partial charge in [-0.25, -0.2) is 0 Å². The van der Waals surface area contributed by atoms with E-state index >= 15 is 0 Å². The Morgan fingerprint density at radius 2 is 2.10 bits per heavy atom. The van der Waals surface area contributed by atoms with Crippen LogP contribution in [0.4, 0.5) is 5.69 Å². The van der Waals surface area contributed by atoms with Crippen LogP contribution < -0.4 is 0 Å². The van der Waals surface area contributed by atoms with Gasteiger partial charge >= 0.3 is 0 Å². The summed E-state index contributed by atoms with van der Waals surface area (Å²) in [6, 6.07) is 8.61. The van der Waals surface area contributed by atoms with Gasteiger partial charge in [0.15, 0.2) is 0 Å². The van der Waals surface area contributed by atoms with Gasteiger partial charge in [-0.05, 0) is 11.8 Å². The summed E-state index contributed by atoms with van der Waals surface area (Å²) in [5, 5.41) is 8.67. The first-order chi connectivity index (χ1) is 4.84. The van der Waals surface area contributed by atoms with Crippen molar-refractivity contribution in [1.82, 2.24) is 0 Å². The van der Waals surface area contributed by atoms with Gasteiger partial charge in [0.05, 0.1) is 0 Å². The third-order valence-electron chi connectivity index (χ3n) is 1.02. The molecule has 10 heavy (non-hydrogen) atoms. The van der Waals surface area contributed by atoms with Crippen LogP contribution in [-0.4, -0.2) is 6.01 Å². The zero-order valence-corrected chi connectivity index (χ0v) is 5.84. The Labute approximate surface area is 63.7 Å². The minimum atomic E-state index is 0.504. The predicted molar refractivity (Wildman–Crippen MR) is 41.9 cm³/mol. The molecule has 0 amide bonds. The zero-order valence-electron chi connectivity index (χ0n) is 5.08. The lowest BCUT2D eigenvalue weighted by atomic mass is 10.3. The normalized spacial score (nSPS) is 8.50. The van der Waals surface area contributed by atoms with Crippen LogP contribution in [0, 0.1) is 0 Å². The van der Waals surface area contributed by atoms with Crippen LogP contribution in [0.5, 0.6) is 0 Å². The highest BCUT2D eigenvalue weighted by Gasteiger charge is 1.86. The molecule has 0 aliphatic rings. The van der Waals surface area contributed by atoms with Crippen molar-refractivity contribution in [2.75, 3.05) is 0 Å². The van der Waals surface area contributed by atoms with Crippen LogP contribution in [0.1, 0.15) is 0 Å². The van der Waals surface area contributed by atoms with Crippen LogP contribution in [0.3, 0.4) is 0 Å². The first-order valence-corrected chi connectivity index (χ1v) is 3.07. The van der Waals surface area contributed by atoms with E-state index in [9.17, 15) is 0 Å². The van der Waals surface area contributed by atoms with E-state index in [2.05, 4.69) is 4.99 Å². The second-order valence-corrected chi connectivity index (χ2v) is 2.07. The first kappa shape index (κ1) is 7.00. The fourth-order valence-electron chi connectivity index (χ4n) is 0.596. The molecule has 0 atom stereocenters. The molecule has 0 saturated carbocycles. The fraction of sp³-hybridized carbons (Fsp3) is 0. The number of halogens is 1. The number of rotatable bonds is 1. The molecule has 1 rings (SSSR count). The van der Waals surface area contributed by atoms with Gasteiger partial charge in [0.1, 0.15) is 0 Å². The summed E-state index contributed by atoms with van der Waals surface area (Å²) in [6.45, 7) is 0. The number of aliphatic imine (C=N–C) groups is 1. The molecule has 0 aromatic heterocycles. The second-order valence-electron chi connectivity index (χ2n) is 1.66. The Morgan fingerprint density at radius 3 is 2.70 bits per heavy atom. The molecule has 0 N–H and O–H groups in total. The molecule has 0 bridgehead atoms. The standard InChI is InChI=1S/C7H4ClN2/c8-6-3-1-2-4-7(6)10-5-9/h1-4H/q-1. The SMILES string of the molecule is [N-]=C=Nc1ccccc1Cl. The molecule has 0 saturated heterocycles. The first-order valence-electron chi connectivity index (χ1n) is 2.69. The summed E-state index contributed by atoms with van der Waals surface area (Å²) in [5.74, 6) is 0.